The minimum atomic E-state index is -0.0951. The summed E-state index contributed by atoms with van der Waals surface area (Å²) in [5.74, 6) is 3.18. The van der Waals surface area contributed by atoms with Crippen LogP contribution < -0.4 is 0 Å². The highest BCUT2D eigenvalue weighted by molar-refractivity contribution is 5.66. The highest BCUT2D eigenvalue weighted by atomic mass is 16.5. The van der Waals surface area contributed by atoms with Crippen LogP contribution in [0.3, 0.4) is 0 Å². The molecule has 4 nitrogen and oxygen atoms in total. The van der Waals surface area contributed by atoms with Crippen molar-refractivity contribution >= 4 is 5.97 Å². The molecule has 0 N–H and O–H groups in total. The van der Waals surface area contributed by atoms with E-state index in [-0.39, 0.29) is 17.5 Å². The lowest BCUT2D eigenvalue weighted by molar-refractivity contribution is -0.164. The van der Waals surface area contributed by atoms with Crippen LogP contribution in [0.25, 0.3) is 0 Å². The topological polar surface area (TPSA) is 38.8 Å². The highest BCUT2D eigenvalue weighted by Crippen LogP contribution is 2.66. The van der Waals surface area contributed by atoms with Crippen LogP contribution in [0.5, 0.6) is 0 Å². The van der Waals surface area contributed by atoms with Gasteiger partial charge in [0.15, 0.2) is 0 Å². The average molecular weight is 406 g/mol. The average Bonchev–Trinajstić information content (AvgIpc) is 2.97. The second-order valence-electron chi connectivity index (χ2n) is 11.4. The van der Waals surface area contributed by atoms with Crippen LogP contribution in [-0.2, 0) is 14.3 Å². The van der Waals surface area contributed by atoms with E-state index < -0.39 is 0 Å². The van der Waals surface area contributed by atoms with Gasteiger partial charge in [0.2, 0.25) is 0 Å². The number of esters is 1. The van der Waals surface area contributed by atoms with Gasteiger partial charge in [0, 0.05) is 18.9 Å². The fourth-order valence-electron chi connectivity index (χ4n) is 8.12. The molecule has 0 bridgehead atoms. The minimum absolute atomic E-state index is 0.0951. The first-order valence-electron chi connectivity index (χ1n) is 12.2. The highest BCUT2D eigenvalue weighted by Gasteiger charge is 2.61. The maximum absolute atomic E-state index is 11.6. The molecule has 4 fully saturated rings. The Kier molecular flexibility index (Phi) is 6.07. The summed E-state index contributed by atoms with van der Waals surface area (Å²) in [6, 6.07) is 0. The molecule has 0 aliphatic heterocycles. The van der Waals surface area contributed by atoms with Crippen molar-refractivity contribution in [3.05, 3.63) is 0 Å². The third-order valence-electron chi connectivity index (χ3n) is 9.73. The summed E-state index contributed by atoms with van der Waals surface area (Å²) in [6.45, 7) is 8.51. The zero-order valence-corrected chi connectivity index (χ0v) is 19.4. The van der Waals surface area contributed by atoms with Crippen molar-refractivity contribution < 1.29 is 14.3 Å². The monoisotopic (exact) mass is 405 g/mol. The molecule has 0 amide bonds. The lowest BCUT2D eigenvalue weighted by atomic mass is 9.45. The maximum Gasteiger partial charge on any atom is 0.302 e. The molecule has 4 heteroatoms. The van der Waals surface area contributed by atoms with Gasteiger partial charge in [-0.1, -0.05) is 13.8 Å². The van der Waals surface area contributed by atoms with E-state index in [1.807, 2.05) is 0 Å². The van der Waals surface area contributed by atoms with Gasteiger partial charge in [0.25, 0.3) is 0 Å². The molecule has 29 heavy (non-hydrogen) atoms. The van der Waals surface area contributed by atoms with Crippen LogP contribution in [0.2, 0.25) is 0 Å². The number of nitrogens with zero attached hydrogens (tertiary/aromatic N) is 1. The molecule has 4 saturated carbocycles. The summed E-state index contributed by atoms with van der Waals surface area (Å²) in [5, 5.41) is 0. The fourth-order valence-corrected chi connectivity index (χ4v) is 8.12. The van der Waals surface area contributed by atoms with Crippen molar-refractivity contribution in [2.45, 2.75) is 90.8 Å². The quantitative estimate of drug-likeness (QED) is 0.609. The van der Waals surface area contributed by atoms with Crippen LogP contribution >= 0.6 is 0 Å². The van der Waals surface area contributed by atoms with Crippen molar-refractivity contribution in [3.8, 4) is 0 Å². The summed E-state index contributed by atoms with van der Waals surface area (Å²) in [4.78, 5) is 13.9. The Bertz CT molecular complexity index is 607. The molecule has 8 atom stereocenters. The Morgan fingerprint density at radius 1 is 0.966 bits per heavy atom. The van der Waals surface area contributed by atoms with Gasteiger partial charge < -0.3 is 14.4 Å². The number of rotatable bonds is 5. The van der Waals surface area contributed by atoms with E-state index in [1.54, 1.807) is 6.92 Å². The summed E-state index contributed by atoms with van der Waals surface area (Å²) in [5.41, 5.74) is 0.702. The Morgan fingerprint density at radius 3 is 2.41 bits per heavy atom. The Labute approximate surface area is 178 Å². The van der Waals surface area contributed by atoms with Crippen molar-refractivity contribution in [2.24, 2.45) is 34.5 Å². The van der Waals surface area contributed by atoms with Gasteiger partial charge >= 0.3 is 5.97 Å². The molecule has 4 aliphatic rings. The first kappa shape index (κ1) is 21.6. The molecule has 0 aromatic carbocycles. The first-order chi connectivity index (χ1) is 13.7. The van der Waals surface area contributed by atoms with Gasteiger partial charge in [-0.15, -0.1) is 0 Å². The predicted molar refractivity (Wildman–Crippen MR) is 116 cm³/mol. The van der Waals surface area contributed by atoms with Gasteiger partial charge in [-0.25, -0.2) is 0 Å². The zero-order valence-electron chi connectivity index (χ0n) is 19.4. The van der Waals surface area contributed by atoms with Crippen LogP contribution in [0, 0.1) is 34.5 Å². The number of fused-ring (bicyclic) bond motifs is 5. The minimum Gasteiger partial charge on any atom is -0.462 e. The number of carbonyl (C=O) groups excluding carboxylic acids is 1. The molecule has 0 aromatic heterocycles. The largest absolute Gasteiger partial charge is 0.462 e. The molecular formula is C25H43NO3. The van der Waals surface area contributed by atoms with Gasteiger partial charge in [-0.2, -0.15) is 0 Å². The summed E-state index contributed by atoms with van der Waals surface area (Å²) < 4.78 is 12.1. The third-order valence-corrected chi connectivity index (χ3v) is 9.73. The number of hydrogen-bond acceptors (Lipinski definition) is 4. The van der Waals surface area contributed by atoms with Gasteiger partial charge in [-0.05, 0) is 101 Å². The Morgan fingerprint density at radius 2 is 1.69 bits per heavy atom. The second kappa shape index (κ2) is 8.15. The van der Waals surface area contributed by atoms with Crippen molar-refractivity contribution in [2.75, 3.05) is 27.2 Å². The molecule has 166 valence electrons. The van der Waals surface area contributed by atoms with Gasteiger partial charge in [-0.3, -0.25) is 4.79 Å². The summed E-state index contributed by atoms with van der Waals surface area (Å²) in [6.07, 6.45) is 12.1. The van der Waals surface area contributed by atoms with Crippen LogP contribution in [0.1, 0.15) is 78.6 Å². The lowest BCUT2D eigenvalue weighted by Crippen LogP contribution is -2.54. The summed E-state index contributed by atoms with van der Waals surface area (Å²) >= 11 is 0. The molecule has 4 rings (SSSR count). The van der Waals surface area contributed by atoms with Gasteiger partial charge in [0.05, 0.1) is 12.7 Å². The lowest BCUT2D eigenvalue weighted by Gasteiger charge is -2.60. The maximum atomic E-state index is 11.6. The first-order valence-corrected chi connectivity index (χ1v) is 12.2. The number of likely N-dealkylation sites (N-methyl/N-ethyl adjacent to an activating group) is 1. The van der Waals surface area contributed by atoms with E-state index in [0.29, 0.717) is 11.5 Å². The standard InChI is InChI=1S/C25H43NO3/c1-17(27)29-23-9-8-21-20-7-6-18-16-19(28-15-14-26(4)5)10-12-24(18,2)22(20)11-13-25(21,23)3/h18-23H,6-16H2,1-5H3. The molecule has 0 saturated heterocycles. The fraction of sp³-hybridized carbons (Fsp3) is 0.960. The normalized spacial score (nSPS) is 46.7. The molecule has 4 aliphatic carbocycles. The van der Waals surface area contributed by atoms with E-state index in [9.17, 15) is 4.79 Å². The molecule has 0 heterocycles. The number of hydrogen-bond donors (Lipinski definition) is 0. The second-order valence-corrected chi connectivity index (χ2v) is 11.4. The van der Waals surface area contributed by atoms with E-state index in [4.69, 9.17) is 9.47 Å². The van der Waals surface area contributed by atoms with Crippen LogP contribution in [0.4, 0.5) is 0 Å². The van der Waals surface area contributed by atoms with E-state index in [0.717, 1.165) is 43.2 Å². The Hall–Kier alpha value is -0.610. The molecule has 0 spiro atoms. The van der Waals surface area contributed by atoms with Gasteiger partial charge in [0.1, 0.15) is 6.10 Å². The SMILES string of the molecule is CC(=O)OC1CCC2C3CCC4CC(OCCN(C)C)CCC4(C)C3CCC12C. The summed E-state index contributed by atoms with van der Waals surface area (Å²) in [7, 11) is 4.24. The predicted octanol–water partition coefficient (Wildman–Crippen LogP) is 4.91. The van der Waals surface area contributed by atoms with Crippen LogP contribution in [-0.4, -0.2) is 50.3 Å². The number of ether oxygens (including phenoxy) is 2. The van der Waals surface area contributed by atoms with E-state index >= 15 is 0 Å². The molecular weight excluding hydrogens is 362 g/mol. The smallest absolute Gasteiger partial charge is 0.302 e. The molecule has 0 aromatic rings. The van der Waals surface area contributed by atoms with Crippen molar-refractivity contribution in [1.82, 2.24) is 4.90 Å². The van der Waals surface area contributed by atoms with Crippen molar-refractivity contribution in [1.29, 1.82) is 0 Å². The molecule has 0 radical (unpaired) electrons. The van der Waals surface area contributed by atoms with E-state index in [2.05, 4.69) is 32.8 Å². The Balaban J connectivity index is 1.42. The third kappa shape index (κ3) is 3.89. The number of carbonyl (C=O) groups is 1. The zero-order chi connectivity index (χ0) is 20.8. The molecule has 8 unspecified atom stereocenters. The van der Waals surface area contributed by atoms with Crippen LogP contribution in [0.15, 0.2) is 0 Å². The van der Waals surface area contributed by atoms with Crippen molar-refractivity contribution in [3.63, 3.8) is 0 Å². The van der Waals surface area contributed by atoms with E-state index in [1.165, 1.54) is 51.4 Å².